The van der Waals surface area contributed by atoms with Crippen molar-refractivity contribution < 1.29 is 21.6 Å². The molecule has 0 saturated heterocycles. The van der Waals surface area contributed by atoms with E-state index in [1.54, 1.807) is 24.4 Å². The van der Waals surface area contributed by atoms with E-state index in [0.29, 0.717) is 5.69 Å². The lowest BCUT2D eigenvalue weighted by molar-refractivity contribution is 0.160. The van der Waals surface area contributed by atoms with Crippen LogP contribution < -0.4 is 0 Å². The normalized spacial score (nSPS) is 12.2. The maximum Gasteiger partial charge on any atom is 0.203 e. The lowest BCUT2D eigenvalue weighted by atomic mass is 10.4. The Morgan fingerprint density at radius 2 is 1.59 bits per heavy atom. The van der Waals surface area contributed by atoms with Gasteiger partial charge in [-0.1, -0.05) is 18.2 Å². The van der Waals surface area contributed by atoms with Crippen molar-refractivity contribution in [1.29, 1.82) is 0 Å². The van der Waals surface area contributed by atoms with Crippen molar-refractivity contribution in [1.82, 2.24) is 4.98 Å². The van der Waals surface area contributed by atoms with Crippen molar-refractivity contribution in [3.8, 4) is 0 Å². The Balaban J connectivity index is 2.18. The number of hydrogen-bond donors (Lipinski definition) is 0. The Morgan fingerprint density at radius 1 is 0.955 bits per heavy atom. The minimum Gasteiger partial charge on any atom is -0.359 e. The first-order valence-corrected chi connectivity index (χ1v) is 9.84. The van der Waals surface area contributed by atoms with Gasteiger partial charge < -0.3 is 4.74 Å². The molecular formula is C14H15NO5S2. The fraction of sp³-hybridized carbons (Fsp3) is 0.214. The maximum absolute atomic E-state index is 12.3. The van der Waals surface area contributed by atoms with Gasteiger partial charge in [-0.15, -0.1) is 0 Å². The van der Waals surface area contributed by atoms with Crippen LogP contribution >= 0.6 is 0 Å². The second-order valence-electron chi connectivity index (χ2n) is 4.62. The van der Waals surface area contributed by atoms with Gasteiger partial charge in [-0.2, -0.15) is 0 Å². The van der Waals surface area contributed by atoms with E-state index in [2.05, 4.69) is 4.98 Å². The second-order valence-corrected chi connectivity index (χ2v) is 8.51. The zero-order valence-corrected chi connectivity index (χ0v) is 13.5. The summed E-state index contributed by atoms with van der Waals surface area (Å²) in [5, 5.41) is 0. The number of rotatable bonds is 6. The Bertz CT molecular complexity index is 846. The standard InChI is InChI=1S/C14H15NO5S2/c1-21(16,17)13-7-2-3-8-14(13)22(18,19)11-20-10-12-6-4-5-9-15-12/h2-9H,10-11H2,1H3. The molecule has 0 spiro atoms. The molecule has 0 radical (unpaired) electrons. The largest absolute Gasteiger partial charge is 0.359 e. The Hall–Kier alpha value is -1.77. The molecule has 0 N–H and O–H groups in total. The van der Waals surface area contributed by atoms with E-state index in [0.717, 1.165) is 6.26 Å². The second kappa shape index (κ2) is 6.55. The summed E-state index contributed by atoms with van der Waals surface area (Å²) >= 11 is 0. The Morgan fingerprint density at radius 3 is 2.18 bits per heavy atom. The predicted octanol–water partition coefficient (Wildman–Crippen LogP) is 1.43. The first-order valence-electron chi connectivity index (χ1n) is 6.30. The van der Waals surface area contributed by atoms with Gasteiger partial charge in [0.1, 0.15) is 0 Å². The first-order chi connectivity index (χ1) is 10.3. The van der Waals surface area contributed by atoms with Crippen LogP contribution in [0, 0.1) is 0 Å². The number of pyridine rings is 1. The van der Waals surface area contributed by atoms with Gasteiger partial charge in [0.25, 0.3) is 0 Å². The lowest BCUT2D eigenvalue weighted by Gasteiger charge is -2.09. The highest BCUT2D eigenvalue weighted by Crippen LogP contribution is 2.22. The monoisotopic (exact) mass is 341 g/mol. The number of aromatic nitrogens is 1. The SMILES string of the molecule is CS(=O)(=O)c1ccccc1S(=O)(=O)COCc1ccccn1. The van der Waals surface area contributed by atoms with Crippen LogP contribution in [-0.2, 0) is 31.0 Å². The van der Waals surface area contributed by atoms with Crippen LogP contribution in [0.5, 0.6) is 0 Å². The molecule has 0 amide bonds. The van der Waals surface area contributed by atoms with E-state index in [1.165, 1.54) is 24.3 Å². The summed E-state index contributed by atoms with van der Waals surface area (Å²) in [4.78, 5) is 3.54. The number of nitrogens with zero attached hydrogens (tertiary/aromatic N) is 1. The molecule has 1 aromatic heterocycles. The quantitative estimate of drug-likeness (QED) is 0.789. The van der Waals surface area contributed by atoms with Gasteiger partial charge in [-0.25, -0.2) is 16.8 Å². The molecule has 0 bridgehead atoms. The summed E-state index contributed by atoms with van der Waals surface area (Å²) in [6.45, 7) is 0.0289. The third kappa shape index (κ3) is 4.12. The van der Waals surface area contributed by atoms with Gasteiger partial charge in [0, 0.05) is 12.5 Å². The van der Waals surface area contributed by atoms with E-state index >= 15 is 0 Å². The van der Waals surface area contributed by atoms with Crippen LogP contribution in [0.2, 0.25) is 0 Å². The van der Waals surface area contributed by atoms with Gasteiger partial charge in [-0.05, 0) is 24.3 Å². The summed E-state index contributed by atoms with van der Waals surface area (Å²) in [5.74, 6) is -0.615. The zero-order valence-electron chi connectivity index (χ0n) is 11.8. The maximum atomic E-state index is 12.3. The molecular weight excluding hydrogens is 326 g/mol. The number of sulfone groups is 2. The lowest BCUT2D eigenvalue weighted by Crippen LogP contribution is -2.14. The minimum absolute atomic E-state index is 0.0289. The molecule has 0 aliphatic carbocycles. The van der Waals surface area contributed by atoms with E-state index in [-0.39, 0.29) is 16.4 Å². The zero-order chi connectivity index (χ0) is 16.2. The molecule has 1 aromatic carbocycles. The van der Waals surface area contributed by atoms with Crippen molar-refractivity contribution in [3.63, 3.8) is 0 Å². The fourth-order valence-corrected chi connectivity index (χ4v) is 4.50. The molecule has 0 aliphatic heterocycles. The van der Waals surface area contributed by atoms with Gasteiger partial charge in [0.2, 0.25) is 9.84 Å². The molecule has 0 atom stereocenters. The molecule has 2 rings (SSSR count). The summed E-state index contributed by atoms with van der Waals surface area (Å²) in [5.41, 5.74) is 0.592. The molecule has 118 valence electrons. The topological polar surface area (TPSA) is 90.4 Å². The van der Waals surface area contributed by atoms with E-state index in [9.17, 15) is 16.8 Å². The summed E-state index contributed by atoms with van der Waals surface area (Å²) in [7, 11) is -7.51. The Labute approximate surface area is 129 Å². The minimum atomic E-state index is -3.87. The first kappa shape index (κ1) is 16.6. The molecule has 0 unspecified atom stereocenters. The van der Waals surface area contributed by atoms with Crippen LogP contribution in [-0.4, -0.2) is 34.0 Å². The highest BCUT2D eigenvalue weighted by Gasteiger charge is 2.23. The van der Waals surface area contributed by atoms with Gasteiger partial charge in [-0.3, -0.25) is 4.98 Å². The average molecular weight is 341 g/mol. The molecule has 1 heterocycles. The van der Waals surface area contributed by atoms with Gasteiger partial charge in [0.05, 0.1) is 22.1 Å². The van der Waals surface area contributed by atoms with Gasteiger partial charge in [0.15, 0.2) is 15.8 Å². The molecule has 0 saturated carbocycles. The predicted molar refractivity (Wildman–Crippen MR) is 80.6 cm³/mol. The molecule has 22 heavy (non-hydrogen) atoms. The van der Waals surface area contributed by atoms with Crippen molar-refractivity contribution in [2.24, 2.45) is 0 Å². The van der Waals surface area contributed by atoms with E-state index in [4.69, 9.17) is 4.74 Å². The van der Waals surface area contributed by atoms with Crippen LogP contribution in [0.25, 0.3) is 0 Å². The van der Waals surface area contributed by atoms with Crippen LogP contribution in [0.3, 0.4) is 0 Å². The van der Waals surface area contributed by atoms with Gasteiger partial charge >= 0.3 is 0 Å². The number of benzene rings is 1. The smallest absolute Gasteiger partial charge is 0.203 e. The van der Waals surface area contributed by atoms with Crippen LogP contribution in [0.4, 0.5) is 0 Å². The summed E-state index contributed by atoms with van der Waals surface area (Å²) in [6, 6.07) is 10.7. The highest BCUT2D eigenvalue weighted by molar-refractivity contribution is 7.94. The molecule has 6 nitrogen and oxygen atoms in total. The number of ether oxygens (including phenoxy) is 1. The van der Waals surface area contributed by atoms with Crippen LogP contribution in [0.15, 0.2) is 58.5 Å². The van der Waals surface area contributed by atoms with E-state index in [1.807, 2.05) is 0 Å². The summed E-state index contributed by atoms with van der Waals surface area (Å²) < 4.78 is 53.1. The van der Waals surface area contributed by atoms with Crippen LogP contribution in [0.1, 0.15) is 5.69 Å². The van der Waals surface area contributed by atoms with Crippen molar-refractivity contribution >= 4 is 19.7 Å². The highest BCUT2D eigenvalue weighted by atomic mass is 32.2. The third-order valence-corrected chi connectivity index (χ3v) is 5.59. The molecule has 0 aliphatic rings. The average Bonchev–Trinajstić information content (AvgIpc) is 2.47. The van der Waals surface area contributed by atoms with Crippen molar-refractivity contribution in [2.45, 2.75) is 16.4 Å². The molecule has 2 aromatic rings. The third-order valence-electron chi connectivity index (χ3n) is 2.80. The summed E-state index contributed by atoms with van der Waals surface area (Å²) in [6.07, 6.45) is 2.54. The van der Waals surface area contributed by atoms with Crippen molar-refractivity contribution in [3.05, 3.63) is 54.4 Å². The fourth-order valence-electron chi connectivity index (χ4n) is 1.82. The molecule has 0 fully saturated rings. The number of hydrogen-bond acceptors (Lipinski definition) is 6. The van der Waals surface area contributed by atoms with Crippen molar-refractivity contribution in [2.75, 3.05) is 12.2 Å². The molecule has 8 heteroatoms. The Kier molecular flexibility index (Phi) is 4.94. The van der Waals surface area contributed by atoms with E-state index < -0.39 is 25.6 Å².